The fourth-order valence-electron chi connectivity index (χ4n) is 4.50. The summed E-state index contributed by atoms with van der Waals surface area (Å²) < 4.78 is 0. The van der Waals surface area contributed by atoms with Crippen LogP contribution in [-0.4, -0.2) is 37.6 Å². The quantitative estimate of drug-likeness (QED) is 0.681. The predicted molar refractivity (Wildman–Crippen MR) is 118 cm³/mol. The number of rotatable bonds is 7. The van der Waals surface area contributed by atoms with Gasteiger partial charge in [0, 0.05) is 31.9 Å². The molecule has 0 aliphatic carbocycles. The van der Waals surface area contributed by atoms with Gasteiger partial charge in [-0.15, -0.1) is 0 Å². The second-order valence-corrected chi connectivity index (χ2v) is 8.32. The summed E-state index contributed by atoms with van der Waals surface area (Å²) >= 11 is 0. The minimum atomic E-state index is -0.392. The number of benzene rings is 2. The van der Waals surface area contributed by atoms with Crippen LogP contribution in [-0.2, 0) is 5.41 Å². The topological polar surface area (TPSA) is 30.3 Å². The monoisotopic (exact) mass is 375 g/mol. The van der Waals surface area contributed by atoms with Crippen LogP contribution in [0, 0.1) is 24.2 Å². The lowest BCUT2D eigenvalue weighted by Crippen LogP contribution is -2.47. The molecule has 3 rings (SSSR count). The first-order chi connectivity index (χ1) is 13.6. The number of aryl methyl sites for hydroxylation is 1. The first-order valence-electron chi connectivity index (χ1n) is 10.6. The summed E-state index contributed by atoms with van der Waals surface area (Å²) in [6, 6.07) is 21.8. The lowest BCUT2D eigenvalue weighted by atomic mass is 9.68. The summed E-state index contributed by atoms with van der Waals surface area (Å²) in [5, 5.41) is 10.2. The molecule has 1 heterocycles. The molecular formula is C25H33N3. The van der Waals surface area contributed by atoms with E-state index in [2.05, 4.69) is 91.2 Å². The van der Waals surface area contributed by atoms with Crippen molar-refractivity contribution in [3.05, 3.63) is 65.7 Å². The fourth-order valence-corrected chi connectivity index (χ4v) is 4.50. The van der Waals surface area contributed by atoms with Crippen LogP contribution < -0.4 is 4.90 Å². The van der Waals surface area contributed by atoms with Crippen LogP contribution in [0.25, 0.3) is 0 Å². The summed E-state index contributed by atoms with van der Waals surface area (Å²) in [6.07, 6.45) is 1.98. The van der Waals surface area contributed by atoms with Gasteiger partial charge in [-0.1, -0.05) is 56.3 Å². The van der Waals surface area contributed by atoms with E-state index in [1.165, 1.54) is 16.8 Å². The molecule has 1 aliphatic rings. The highest BCUT2D eigenvalue weighted by Crippen LogP contribution is 2.38. The van der Waals surface area contributed by atoms with Gasteiger partial charge in [-0.25, -0.2) is 0 Å². The van der Waals surface area contributed by atoms with Crippen LogP contribution in [0.5, 0.6) is 0 Å². The summed E-state index contributed by atoms with van der Waals surface area (Å²) in [6.45, 7) is 11.9. The maximum Gasteiger partial charge on any atom is 0.0848 e. The van der Waals surface area contributed by atoms with E-state index in [1.807, 2.05) is 0 Å². The molecule has 28 heavy (non-hydrogen) atoms. The zero-order valence-electron chi connectivity index (χ0n) is 17.6. The lowest BCUT2D eigenvalue weighted by molar-refractivity contribution is 0.239. The van der Waals surface area contributed by atoms with Crippen molar-refractivity contribution in [1.29, 1.82) is 5.26 Å². The Hall–Kier alpha value is -2.31. The van der Waals surface area contributed by atoms with Gasteiger partial charge in [-0.05, 0) is 55.5 Å². The van der Waals surface area contributed by atoms with Crippen molar-refractivity contribution in [2.75, 3.05) is 37.6 Å². The molecule has 3 nitrogen and oxygen atoms in total. The molecule has 148 valence electrons. The zero-order valence-corrected chi connectivity index (χ0v) is 17.6. The first kappa shape index (κ1) is 20.4. The molecule has 1 atom stereocenters. The molecule has 1 aliphatic heterocycles. The number of nitrogens with zero attached hydrogens (tertiary/aromatic N) is 3. The van der Waals surface area contributed by atoms with Gasteiger partial charge < -0.3 is 4.90 Å². The second kappa shape index (κ2) is 9.26. The maximum atomic E-state index is 10.2. The number of para-hydroxylation sites is 1. The second-order valence-electron chi connectivity index (χ2n) is 8.32. The van der Waals surface area contributed by atoms with Crippen LogP contribution in [0.3, 0.4) is 0 Å². The molecule has 0 aromatic heterocycles. The Bertz CT molecular complexity index is 785. The lowest BCUT2D eigenvalue weighted by Gasteiger charge is -2.37. The Balaban J connectivity index is 1.57. The predicted octanol–water partition coefficient (Wildman–Crippen LogP) is 5.01. The van der Waals surface area contributed by atoms with Crippen molar-refractivity contribution in [3.8, 4) is 6.07 Å². The summed E-state index contributed by atoms with van der Waals surface area (Å²) in [5.41, 5.74) is 3.37. The van der Waals surface area contributed by atoms with Crippen LogP contribution in [0.15, 0.2) is 54.6 Å². The molecular weight excluding hydrogens is 342 g/mol. The highest BCUT2D eigenvalue weighted by molar-refractivity contribution is 5.46. The molecule has 1 fully saturated rings. The van der Waals surface area contributed by atoms with E-state index in [-0.39, 0.29) is 0 Å². The zero-order chi connectivity index (χ0) is 20.0. The van der Waals surface area contributed by atoms with E-state index in [0.717, 1.165) is 45.6 Å². The van der Waals surface area contributed by atoms with E-state index in [0.29, 0.717) is 5.92 Å². The molecule has 0 unspecified atom stereocenters. The Morgan fingerprint density at radius 2 is 1.61 bits per heavy atom. The Morgan fingerprint density at radius 1 is 0.964 bits per heavy atom. The van der Waals surface area contributed by atoms with Gasteiger partial charge in [0.05, 0.1) is 11.5 Å². The normalized spacial score (nSPS) is 17.3. The van der Waals surface area contributed by atoms with Crippen LogP contribution >= 0.6 is 0 Å². The van der Waals surface area contributed by atoms with E-state index >= 15 is 0 Å². The van der Waals surface area contributed by atoms with Gasteiger partial charge in [0.2, 0.25) is 0 Å². The molecule has 3 heteroatoms. The third-order valence-corrected chi connectivity index (χ3v) is 6.35. The Labute approximate surface area is 170 Å². The fraction of sp³-hybridized carbons (Fsp3) is 0.480. The number of hydrogen-bond donors (Lipinski definition) is 0. The van der Waals surface area contributed by atoms with E-state index in [9.17, 15) is 5.26 Å². The molecule has 2 aromatic rings. The minimum Gasteiger partial charge on any atom is -0.369 e. The third-order valence-electron chi connectivity index (χ3n) is 6.35. The van der Waals surface area contributed by atoms with Crippen LogP contribution in [0.2, 0.25) is 0 Å². The van der Waals surface area contributed by atoms with Gasteiger partial charge in [0.25, 0.3) is 0 Å². The molecule has 0 spiro atoms. The molecule has 0 radical (unpaired) electrons. The number of anilines is 1. The SMILES string of the molecule is Cc1ccccc1[C@@](C#N)(CCCN1CCN(c2ccccc2)CC1)C(C)C. The molecule has 0 saturated carbocycles. The van der Waals surface area contributed by atoms with E-state index in [1.54, 1.807) is 0 Å². The van der Waals surface area contributed by atoms with Crippen molar-refractivity contribution < 1.29 is 0 Å². The van der Waals surface area contributed by atoms with Crippen molar-refractivity contribution in [2.24, 2.45) is 5.92 Å². The molecule has 1 saturated heterocycles. The van der Waals surface area contributed by atoms with E-state index < -0.39 is 5.41 Å². The van der Waals surface area contributed by atoms with Crippen molar-refractivity contribution >= 4 is 5.69 Å². The smallest absolute Gasteiger partial charge is 0.0848 e. The van der Waals surface area contributed by atoms with Gasteiger partial charge >= 0.3 is 0 Å². The number of nitriles is 1. The summed E-state index contributed by atoms with van der Waals surface area (Å²) in [7, 11) is 0. The average molecular weight is 376 g/mol. The largest absolute Gasteiger partial charge is 0.369 e. The Morgan fingerprint density at radius 3 is 2.21 bits per heavy atom. The molecule has 0 amide bonds. The average Bonchev–Trinajstić information content (AvgIpc) is 2.73. The van der Waals surface area contributed by atoms with Gasteiger partial charge in [-0.2, -0.15) is 5.26 Å². The first-order valence-corrected chi connectivity index (χ1v) is 10.6. The van der Waals surface area contributed by atoms with Crippen LogP contribution in [0.4, 0.5) is 5.69 Å². The standard InChI is InChI=1S/C25H33N3/c1-21(2)25(20-26,24-13-8-7-10-22(24)3)14-9-15-27-16-18-28(19-17-27)23-11-5-4-6-12-23/h4-8,10-13,21H,9,14-19H2,1-3H3/t25-/m1/s1. The van der Waals surface area contributed by atoms with Crippen molar-refractivity contribution in [3.63, 3.8) is 0 Å². The van der Waals surface area contributed by atoms with Gasteiger partial charge in [-0.3, -0.25) is 4.90 Å². The Kier molecular flexibility index (Phi) is 6.75. The number of piperazine rings is 1. The number of hydrogen-bond acceptors (Lipinski definition) is 3. The van der Waals surface area contributed by atoms with Crippen molar-refractivity contribution in [2.45, 2.75) is 39.0 Å². The van der Waals surface area contributed by atoms with Gasteiger partial charge in [0.1, 0.15) is 0 Å². The summed E-state index contributed by atoms with van der Waals surface area (Å²) in [5.74, 6) is 0.300. The van der Waals surface area contributed by atoms with Crippen molar-refractivity contribution in [1.82, 2.24) is 4.90 Å². The van der Waals surface area contributed by atoms with E-state index in [4.69, 9.17) is 0 Å². The molecule has 0 N–H and O–H groups in total. The van der Waals surface area contributed by atoms with Crippen LogP contribution in [0.1, 0.15) is 37.8 Å². The highest BCUT2D eigenvalue weighted by atomic mass is 15.3. The molecule has 2 aromatic carbocycles. The minimum absolute atomic E-state index is 0.300. The maximum absolute atomic E-state index is 10.2. The molecule has 0 bridgehead atoms. The van der Waals surface area contributed by atoms with Gasteiger partial charge in [0.15, 0.2) is 0 Å². The summed E-state index contributed by atoms with van der Waals surface area (Å²) in [4.78, 5) is 5.03. The highest BCUT2D eigenvalue weighted by Gasteiger charge is 2.36. The third kappa shape index (κ3) is 4.39.